The van der Waals surface area contributed by atoms with Crippen molar-refractivity contribution in [2.75, 3.05) is 16.8 Å². The average molecular weight is 362 g/mol. The first-order valence-corrected chi connectivity index (χ1v) is 8.58. The zero-order valence-electron chi connectivity index (χ0n) is 14.8. The van der Waals surface area contributed by atoms with Crippen molar-refractivity contribution in [1.29, 1.82) is 0 Å². The van der Waals surface area contributed by atoms with Crippen molar-refractivity contribution in [2.24, 2.45) is 0 Å². The molecule has 0 fully saturated rings. The molecule has 0 saturated carbocycles. The van der Waals surface area contributed by atoms with E-state index in [1.54, 1.807) is 35.4 Å². The van der Waals surface area contributed by atoms with Gasteiger partial charge in [0.2, 0.25) is 0 Å². The summed E-state index contributed by atoms with van der Waals surface area (Å²) in [6, 6.07) is 16.4. The summed E-state index contributed by atoms with van der Waals surface area (Å²) < 4.78 is 10.8. The molecule has 6 nitrogen and oxygen atoms in total. The largest absolute Gasteiger partial charge is 0.482 e. The second-order valence-corrected chi connectivity index (χ2v) is 6.35. The zero-order valence-corrected chi connectivity index (χ0v) is 14.8. The van der Waals surface area contributed by atoms with Crippen molar-refractivity contribution < 1.29 is 18.7 Å². The molecular formula is C21H18N2O4. The van der Waals surface area contributed by atoms with Crippen LogP contribution in [0.2, 0.25) is 0 Å². The highest BCUT2D eigenvalue weighted by molar-refractivity contribution is 6.07. The third-order valence-corrected chi connectivity index (χ3v) is 4.34. The number of anilines is 2. The van der Waals surface area contributed by atoms with E-state index in [1.807, 2.05) is 37.3 Å². The summed E-state index contributed by atoms with van der Waals surface area (Å²) in [4.78, 5) is 26.5. The van der Waals surface area contributed by atoms with E-state index in [1.165, 1.54) is 0 Å². The van der Waals surface area contributed by atoms with Gasteiger partial charge in [0.25, 0.3) is 11.8 Å². The predicted octanol–water partition coefficient (Wildman–Crippen LogP) is 3.77. The SMILES string of the molecule is Cc1ccc(N(Cc2ccco2)C(=O)c2ccc3c(c2)NC(=O)CO3)cc1. The molecule has 2 heterocycles. The Morgan fingerprint density at radius 1 is 1.15 bits per heavy atom. The molecule has 3 aromatic rings. The first-order valence-electron chi connectivity index (χ1n) is 8.58. The molecule has 6 heteroatoms. The molecule has 4 rings (SSSR count). The van der Waals surface area contributed by atoms with E-state index in [-0.39, 0.29) is 18.4 Å². The molecule has 1 aliphatic heterocycles. The van der Waals surface area contributed by atoms with Gasteiger partial charge in [0.1, 0.15) is 11.5 Å². The molecule has 136 valence electrons. The Morgan fingerprint density at radius 2 is 1.96 bits per heavy atom. The van der Waals surface area contributed by atoms with Gasteiger partial charge in [-0.15, -0.1) is 0 Å². The summed E-state index contributed by atoms with van der Waals surface area (Å²) in [6.45, 7) is 2.28. The minimum absolute atomic E-state index is 0.0196. The van der Waals surface area contributed by atoms with Crippen molar-refractivity contribution in [3.63, 3.8) is 0 Å². The lowest BCUT2D eigenvalue weighted by atomic mass is 10.1. The molecule has 1 aromatic heterocycles. The molecule has 1 N–H and O–H groups in total. The number of hydrogen-bond acceptors (Lipinski definition) is 4. The number of rotatable bonds is 4. The molecule has 0 saturated heterocycles. The standard InChI is InChI=1S/C21H18N2O4/c1-14-4-7-16(8-5-14)23(12-17-3-2-10-26-17)21(25)15-6-9-19-18(11-15)22-20(24)13-27-19/h2-11H,12-13H2,1H3,(H,22,24). The fraction of sp³-hybridized carbons (Fsp3) is 0.143. The van der Waals surface area contributed by atoms with Crippen molar-refractivity contribution in [1.82, 2.24) is 0 Å². The molecule has 0 spiro atoms. The number of hydrogen-bond donors (Lipinski definition) is 1. The Morgan fingerprint density at radius 3 is 2.70 bits per heavy atom. The van der Waals surface area contributed by atoms with Crippen molar-refractivity contribution >= 4 is 23.2 Å². The fourth-order valence-corrected chi connectivity index (χ4v) is 2.94. The quantitative estimate of drug-likeness (QED) is 0.767. The minimum atomic E-state index is -0.238. The third-order valence-electron chi connectivity index (χ3n) is 4.34. The van der Waals surface area contributed by atoms with Gasteiger partial charge in [0, 0.05) is 11.3 Å². The van der Waals surface area contributed by atoms with E-state index in [4.69, 9.17) is 9.15 Å². The van der Waals surface area contributed by atoms with E-state index in [9.17, 15) is 9.59 Å². The number of fused-ring (bicyclic) bond motifs is 1. The molecule has 0 bridgehead atoms. The summed E-state index contributed by atoms with van der Waals surface area (Å²) in [5.41, 5.74) is 2.82. The molecule has 2 amide bonds. The van der Waals surface area contributed by atoms with Gasteiger partial charge in [-0.05, 0) is 49.4 Å². The van der Waals surface area contributed by atoms with Crippen LogP contribution >= 0.6 is 0 Å². The van der Waals surface area contributed by atoms with Crippen LogP contribution in [0, 0.1) is 6.92 Å². The zero-order chi connectivity index (χ0) is 18.8. The van der Waals surface area contributed by atoms with Crippen LogP contribution in [0.4, 0.5) is 11.4 Å². The summed E-state index contributed by atoms with van der Waals surface area (Å²) in [5.74, 6) is 0.800. The maximum Gasteiger partial charge on any atom is 0.262 e. The highest BCUT2D eigenvalue weighted by atomic mass is 16.5. The normalized spacial score (nSPS) is 12.7. The van der Waals surface area contributed by atoms with Crippen LogP contribution in [0.25, 0.3) is 0 Å². The van der Waals surface area contributed by atoms with Crippen LogP contribution in [-0.2, 0) is 11.3 Å². The van der Waals surface area contributed by atoms with Crippen molar-refractivity contribution in [2.45, 2.75) is 13.5 Å². The monoisotopic (exact) mass is 362 g/mol. The number of benzene rings is 2. The molecule has 0 radical (unpaired) electrons. The van der Waals surface area contributed by atoms with E-state index in [0.29, 0.717) is 29.3 Å². The number of carbonyl (C=O) groups is 2. The molecular weight excluding hydrogens is 344 g/mol. The molecule has 0 unspecified atom stereocenters. The van der Waals surface area contributed by atoms with Gasteiger partial charge in [-0.3, -0.25) is 9.59 Å². The summed E-state index contributed by atoms with van der Waals surface area (Å²) in [5, 5.41) is 2.73. The number of nitrogens with zero attached hydrogens (tertiary/aromatic N) is 1. The van der Waals surface area contributed by atoms with Gasteiger partial charge in [-0.1, -0.05) is 17.7 Å². The Labute approximate surface area is 156 Å². The Balaban J connectivity index is 1.68. The highest BCUT2D eigenvalue weighted by Gasteiger charge is 2.22. The Kier molecular flexibility index (Phi) is 4.38. The van der Waals surface area contributed by atoms with Crippen LogP contribution < -0.4 is 15.0 Å². The topological polar surface area (TPSA) is 71.8 Å². The second-order valence-electron chi connectivity index (χ2n) is 6.35. The number of nitrogens with one attached hydrogen (secondary N) is 1. The predicted molar refractivity (Wildman–Crippen MR) is 101 cm³/mol. The lowest BCUT2D eigenvalue weighted by molar-refractivity contribution is -0.118. The van der Waals surface area contributed by atoms with Crippen molar-refractivity contribution in [3.8, 4) is 5.75 Å². The van der Waals surface area contributed by atoms with Gasteiger partial charge in [0.15, 0.2) is 6.61 Å². The van der Waals surface area contributed by atoms with Gasteiger partial charge in [0.05, 0.1) is 18.5 Å². The van der Waals surface area contributed by atoms with Crippen LogP contribution in [0.15, 0.2) is 65.3 Å². The molecule has 27 heavy (non-hydrogen) atoms. The van der Waals surface area contributed by atoms with Crippen LogP contribution in [0.5, 0.6) is 5.75 Å². The second kappa shape index (κ2) is 6.99. The number of ether oxygens (including phenoxy) is 1. The lowest BCUT2D eigenvalue weighted by Crippen LogP contribution is -2.31. The van der Waals surface area contributed by atoms with Gasteiger partial charge >= 0.3 is 0 Å². The minimum Gasteiger partial charge on any atom is -0.482 e. The van der Waals surface area contributed by atoms with Crippen LogP contribution in [-0.4, -0.2) is 18.4 Å². The molecule has 0 aliphatic carbocycles. The maximum atomic E-state index is 13.3. The summed E-state index contributed by atoms with van der Waals surface area (Å²) in [7, 11) is 0. The fourth-order valence-electron chi connectivity index (χ4n) is 2.94. The summed E-state index contributed by atoms with van der Waals surface area (Å²) in [6.07, 6.45) is 1.58. The third kappa shape index (κ3) is 3.55. The van der Waals surface area contributed by atoms with E-state index in [0.717, 1.165) is 11.3 Å². The van der Waals surface area contributed by atoms with Crippen LogP contribution in [0.3, 0.4) is 0 Å². The van der Waals surface area contributed by atoms with Crippen molar-refractivity contribution in [3.05, 3.63) is 77.7 Å². The molecule has 2 aromatic carbocycles. The number of furan rings is 1. The van der Waals surface area contributed by atoms with Gasteiger partial charge in [-0.2, -0.15) is 0 Å². The first kappa shape index (κ1) is 16.9. The van der Waals surface area contributed by atoms with Gasteiger partial charge in [-0.25, -0.2) is 0 Å². The average Bonchev–Trinajstić information content (AvgIpc) is 3.19. The maximum absolute atomic E-state index is 13.3. The first-order chi connectivity index (χ1) is 13.1. The summed E-state index contributed by atoms with van der Waals surface area (Å²) >= 11 is 0. The Hall–Kier alpha value is -3.54. The Bertz CT molecular complexity index is 978. The van der Waals surface area contributed by atoms with Crippen LogP contribution in [0.1, 0.15) is 21.7 Å². The molecule has 0 atom stereocenters. The molecule has 1 aliphatic rings. The smallest absolute Gasteiger partial charge is 0.262 e. The lowest BCUT2D eigenvalue weighted by Gasteiger charge is -2.24. The van der Waals surface area contributed by atoms with E-state index in [2.05, 4.69) is 5.32 Å². The number of amides is 2. The van der Waals surface area contributed by atoms with E-state index >= 15 is 0 Å². The van der Waals surface area contributed by atoms with E-state index < -0.39 is 0 Å². The number of carbonyl (C=O) groups excluding carboxylic acids is 2. The highest BCUT2D eigenvalue weighted by Crippen LogP contribution is 2.30. The van der Waals surface area contributed by atoms with Gasteiger partial charge < -0.3 is 19.4 Å². The number of aryl methyl sites for hydroxylation is 1.